The molecule has 0 spiro atoms. The molecular formula is C14H17ClF2N2O. The minimum absolute atomic E-state index is 0. The Bertz CT molecular complexity index is 512. The van der Waals surface area contributed by atoms with E-state index in [-0.39, 0.29) is 23.9 Å². The Balaban J connectivity index is 0.00000147. The first kappa shape index (κ1) is 15.2. The summed E-state index contributed by atoms with van der Waals surface area (Å²) in [6, 6.07) is 3.84. The summed E-state index contributed by atoms with van der Waals surface area (Å²) in [4.78, 5) is 14.0. The molecule has 2 fully saturated rings. The molecule has 0 aliphatic carbocycles. The van der Waals surface area contributed by atoms with Gasteiger partial charge in [-0.15, -0.1) is 12.4 Å². The summed E-state index contributed by atoms with van der Waals surface area (Å²) in [5.74, 6) is -1.61. The number of fused-ring (bicyclic) bond motifs is 1. The molecule has 0 saturated carbocycles. The molecule has 2 unspecified atom stereocenters. The van der Waals surface area contributed by atoms with Crippen molar-refractivity contribution in [3.8, 4) is 0 Å². The number of halogens is 3. The predicted molar refractivity (Wildman–Crippen MR) is 74.0 cm³/mol. The highest BCUT2D eigenvalue weighted by atomic mass is 35.5. The molecule has 0 bridgehead atoms. The van der Waals surface area contributed by atoms with E-state index in [9.17, 15) is 13.6 Å². The normalized spacial score (nSPS) is 25.0. The van der Waals surface area contributed by atoms with Gasteiger partial charge in [0.1, 0.15) is 0 Å². The van der Waals surface area contributed by atoms with E-state index in [1.165, 1.54) is 6.07 Å². The number of likely N-dealkylation sites (tertiary alicyclic amines) is 1. The third-order valence-electron chi connectivity index (χ3n) is 4.11. The quantitative estimate of drug-likeness (QED) is 0.863. The molecule has 20 heavy (non-hydrogen) atoms. The molecule has 2 saturated heterocycles. The van der Waals surface area contributed by atoms with Gasteiger partial charge < -0.3 is 10.2 Å². The van der Waals surface area contributed by atoms with Gasteiger partial charge in [0, 0.05) is 24.7 Å². The molecule has 0 radical (unpaired) electrons. The Morgan fingerprint density at radius 1 is 1.25 bits per heavy atom. The number of carbonyl (C=O) groups is 1. The van der Waals surface area contributed by atoms with Crippen LogP contribution in [0.15, 0.2) is 18.2 Å². The van der Waals surface area contributed by atoms with Gasteiger partial charge in [-0.1, -0.05) is 0 Å². The van der Waals surface area contributed by atoms with Crippen molar-refractivity contribution in [3.05, 3.63) is 35.4 Å². The van der Waals surface area contributed by atoms with Crippen molar-refractivity contribution in [1.29, 1.82) is 0 Å². The third-order valence-corrected chi connectivity index (χ3v) is 4.11. The molecule has 110 valence electrons. The lowest BCUT2D eigenvalue weighted by molar-refractivity contribution is 0.0661. The van der Waals surface area contributed by atoms with E-state index >= 15 is 0 Å². The fraction of sp³-hybridized carbons (Fsp3) is 0.500. The zero-order valence-corrected chi connectivity index (χ0v) is 11.8. The van der Waals surface area contributed by atoms with Gasteiger partial charge in [0.15, 0.2) is 11.6 Å². The number of rotatable bonds is 1. The van der Waals surface area contributed by atoms with Gasteiger partial charge in [-0.2, -0.15) is 0 Å². The maximum absolute atomic E-state index is 13.2. The molecule has 2 aliphatic rings. The first-order valence-corrected chi connectivity index (χ1v) is 6.63. The van der Waals surface area contributed by atoms with Crippen molar-refractivity contribution in [2.75, 3.05) is 19.6 Å². The van der Waals surface area contributed by atoms with Crippen molar-refractivity contribution in [2.24, 2.45) is 5.92 Å². The summed E-state index contributed by atoms with van der Waals surface area (Å²) < 4.78 is 26.0. The number of amides is 1. The minimum Gasteiger partial charge on any atom is -0.338 e. The summed E-state index contributed by atoms with van der Waals surface area (Å²) in [6.07, 6.45) is 2.01. The average Bonchev–Trinajstić information content (AvgIpc) is 2.88. The van der Waals surface area contributed by atoms with E-state index in [1.54, 1.807) is 4.90 Å². The van der Waals surface area contributed by atoms with Gasteiger partial charge in [0.25, 0.3) is 5.91 Å². The van der Waals surface area contributed by atoms with Gasteiger partial charge >= 0.3 is 0 Å². The highest BCUT2D eigenvalue weighted by molar-refractivity contribution is 5.94. The molecule has 6 heteroatoms. The Kier molecular flexibility index (Phi) is 4.60. The van der Waals surface area contributed by atoms with Crippen LogP contribution >= 0.6 is 12.4 Å². The smallest absolute Gasteiger partial charge is 0.253 e. The van der Waals surface area contributed by atoms with E-state index in [2.05, 4.69) is 5.32 Å². The van der Waals surface area contributed by atoms with E-state index in [4.69, 9.17) is 0 Å². The third kappa shape index (κ3) is 2.79. The molecule has 2 heterocycles. The number of nitrogens with zero attached hydrogens (tertiary/aromatic N) is 1. The number of hydrogen-bond acceptors (Lipinski definition) is 2. The van der Waals surface area contributed by atoms with Crippen LogP contribution in [0.3, 0.4) is 0 Å². The van der Waals surface area contributed by atoms with Crippen LogP contribution in [0.5, 0.6) is 0 Å². The highest BCUT2D eigenvalue weighted by Gasteiger charge is 2.34. The standard InChI is InChI=1S/C14H16F2N2O.ClH/c15-11-2-1-9(7-12(11)16)14(19)18-6-4-13-10(8-18)3-5-17-13;/h1-2,7,10,13,17H,3-6,8H2;1H. The lowest BCUT2D eigenvalue weighted by Gasteiger charge is -2.34. The summed E-state index contributed by atoms with van der Waals surface area (Å²) in [7, 11) is 0. The molecule has 1 aromatic rings. The molecule has 3 nitrogen and oxygen atoms in total. The summed E-state index contributed by atoms with van der Waals surface area (Å²) in [5.41, 5.74) is 0.225. The lowest BCUT2D eigenvalue weighted by Crippen LogP contribution is -2.46. The first-order valence-electron chi connectivity index (χ1n) is 6.63. The van der Waals surface area contributed by atoms with Crippen LogP contribution in [-0.2, 0) is 0 Å². The highest BCUT2D eigenvalue weighted by Crippen LogP contribution is 2.25. The van der Waals surface area contributed by atoms with Crippen molar-refractivity contribution >= 4 is 18.3 Å². The van der Waals surface area contributed by atoms with Crippen molar-refractivity contribution in [2.45, 2.75) is 18.9 Å². The van der Waals surface area contributed by atoms with E-state index in [1.807, 2.05) is 0 Å². The number of hydrogen-bond donors (Lipinski definition) is 1. The monoisotopic (exact) mass is 302 g/mol. The maximum Gasteiger partial charge on any atom is 0.253 e. The molecule has 3 rings (SSSR count). The van der Waals surface area contributed by atoms with E-state index < -0.39 is 11.6 Å². The molecular weight excluding hydrogens is 286 g/mol. The topological polar surface area (TPSA) is 32.3 Å². The lowest BCUT2D eigenvalue weighted by atomic mass is 9.93. The van der Waals surface area contributed by atoms with Crippen LogP contribution in [0, 0.1) is 17.6 Å². The number of benzene rings is 1. The number of carbonyl (C=O) groups excluding carboxylic acids is 1. The first-order chi connectivity index (χ1) is 9.15. The molecule has 2 atom stereocenters. The van der Waals surface area contributed by atoms with E-state index in [0.29, 0.717) is 25.0 Å². The summed E-state index contributed by atoms with van der Waals surface area (Å²) in [6.45, 7) is 2.38. The van der Waals surface area contributed by atoms with Crippen LogP contribution < -0.4 is 5.32 Å². The second-order valence-corrected chi connectivity index (χ2v) is 5.28. The van der Waals surface area contributed by atoms with Crippen molar-refractivity contribution in [1.82, 2.24) is 10.2 Å². The Morgan fingerprint density at radius 2 is 2.05 bits per heavy atom. The molecule has 1 aromatic carbocycles. The molecule has 1 amide bonds. The Morgan fingerprint density at radius 3 is 2.80 bits per heavy atom. The van der Waals surface area contributed by atoms with Crippen LogP contribution in [0.4, 0.5) is 8.78 Å². The second kappa shape index (κ2) is 6.06. The van der Waals surface area contributed by atoms with Gasteiger partial charge in [-0.25, -0.2) is 8.78 Å². The minimum atomic E-state index is -0.969. The van der Waals surface area contributed by atoms with Gasteiger partial charge in [0.2, 0.25) is 0 Å². The SMILES string of the molecule is Cl.O=C(c1ccc(F)c(F)c1)N1CCC2NCCC2C1. The predicted octanol–water partition coefficient (Wildman–Crippen LogP) is 2.21. The van der Waals surface area contributed by atoms with Crippen LogP contribution in [0.1, 0.15) is 23.2 Å². The van der Waals surface area contributed by atoms with Crippen molar-refractivity contribution in [3.63, 3.8) is 0 Å². The fourth-order valence-corrected chi connectivity index (χ4v) is 3.04. The zero-order chi connectivity index (χ0) is 13.4. The summed E-state index contributed by atoms with van der Waals surface area (Å²) in [5, 5.41) is 3.43. The maximum atomic E-state index is 13.2. The Hall–Kier alpha value is -1.20. The van der Waals surface area contributed by atoms with Crippen molar-refractivity contribution < 1.29 is 13.6 Å². The van der Waals surface area contributed by atoms with Crippen LogP contribution in [-0.4, -0.2) is 36.5 Å². The molecule has 2 aliphatic heterocycles. The zero-order valence-electron chi connectivity index (χ0n) is 10.9. The average molecular weight is 303 g/mol. The van der Waals surface area contributed by atoms with Gasteiger partial charge in [0.05, 0.1) is 0 Å². The number of piperidine rings is 1. The van der Waals surface area contributed by atoms with Gasteiger partial charge in [-0.3, -0.25) is 4.79 Å². The molecule has 1 N–H and O–H groups in total. The largest absolute Gasteiger partial charge is 0.338 e. The van der Waals surface area contributed by atoms with Crippen LogP contribution in [0.2, 0.25) is 0 Å². The Labute approximate surface area is 122 Å². The van der Waals surface area contributed by atoms with Crippen LogP contribution in [0.25, 0.3) is 0 Å². The van der Waals surface area contributed by atoms with E-state index in [0.717, 1.165) is 31.5 Å². The number of nitrogens with one attached hydrogen (secondary N) is 1. The molecule has 0 aromatic heterocycles. The fourth-order valence-electron chi connectivity index (χ4n) is 3.04. The second-order valence-electron chi connectivity index (χ2n) is 5.28. The summed E-state index contributed by atoms with van der Waals surface area (Å²) >= 11 is 0. The van der Waals surface area contributed by atoms with Gasteiger partial charge in [-0.05, 0) is 43.5 Å².